The van der Waals surface area contributed by atoms with Gasteiger partial charge < -0.3 is 49.2 Å². The highest BCUT2D eigenvalue weighted by molar-refractivity contribution is 6.08. The van der Waals surface area contributed by atoms with Gasteiger partial charge in [-0.2, -0.15) is 0 Å². The number of aromatic nitrogens is 2. The van der Waals surface area contributed by atoms with E-state index < -0.39 is 24.1 Å². The number of rotatable bonds is 13. The molecule has 0 saturated heterocycles. The van der Waals surface area contributed by atoms with Crippen molar-refractivity contribution in [3.05, 3.63) is 58.9 Å². The average molecular weight is 749 g/mol. The van der Waals surface area contributed by atoms with E-state index in [-0.39, 0.29) is 11.8 Å². The summed E-state index contributed by atoms with van der Waals surface area (Å²) in [6.45, 7) is 25.6. The standard InChI is InChI=1S/2C18H25N3O.C4H6O6/c2*1-5-19(6-2)10-11-20-16-9-7-8-15-13(3)14(4)21(18(15)16)12-17(20)22;5-1(3(7)8)2(6)4(9)10/h2*7-9H,5-6,10-12H2,1-4H3;1-2,5-6H,(H,7,8)(H,9,10)/t;;1-,2-/m..1/s1. The lowest BCUT2D eigenvalue weighted by Gasteiger charge is -2.31. The Morgan fingerprint density at radius 2 is 0.963 bits per heavy atom. The Labute approximate surface area is 316 Å². The molecule has 2 aromatic heterocycles. The van der Waals surface area contributed by atoms with Crippen LogP contribution in [-0.2, 0) is 32.3 Å². The highest BCUT2D eigenvalue weighted by atomic mass is 16.4. The van der Waals surface area contributed by atoms with Gasteiger partial charge in [-0.25, -0.2) is 9.59 Å². The first-order valence-electron chi connectivity index (χ1n) is 18.7. The van der Waals surface area contributed by atoms with E-state index in [1.807, 2.05) is 9.80 Å². The van der Waals surface area contributed by atoms with Crippen LogP contribution in [0.3, 0.4) is 0 Å². The highest BCUT2D eigenvalue weighted by Gasteiger charge is 2.31. The number of amides is 2. The van der Waals surface area contributed by atoms with Crippen LogP contribution in [0.2, 0.25) is 0 Å². The van der Waals surface area contributed by atoms with Gasteiger partial charge in [0, 0.05) is 48.3 Å². The van der Waals surface area contributed by atoms with Gasteiger partial charge in [-0.1, -0.05) is 52.0 Å². The van der Waals surface area contributed by atoms with Crippen molar-refractivity contribution in [1.82, 2.24) is 18.9 Å². The number of hydrogen-bond acceptors (Lipinski definition) is 8. The van der Waals surface area contributed by atoms with Gasteiger partial charge in [0.25, 0.3) is 0 Å². The molecule has 6 rings (SSSR count). The van der Waals surface area contributed by atoms with Crippen LogP contribution >= 0.6 is 0 Å². The SMILES string of the molecule is CCN(CC)CCN1C(=O)Cn2c(C)c(C)c3cccc1c32.CCN(CC)CCN1C(=O)Cn2c(C)c(C)c3cccc1c32.O=C(O)[C@H](O)[C@@H](O)C(=O)O. The van der Waals surface area contributed by atoms with Crippen molar-refractivity contribution in [1.29, 1.82) is 0 Å². The molecule has 4 N–H and O–H groups in total. The molecule has 294 valence electrons. The van der Waals surface area contributed by atoms with Gasteiger partial charge in [-0.3, -0.25) is 9.59 Å². The number of carbonyl (C=O) groups is 4. The summed E-state index contributed by atoms with van der Waals surface area (Å²) in [5.74, 6) is -3.14. The van der Waals surface area contributed by atoms with Crippen LogP contribution in [0.1, 0.15) is 50.2 Å². The fourth-order valence-corrected chi connectivity index (χ4v) is 7.23. The zero-order valence-electron chi connectivity index (χ0n) is 32.8. The van der Waals surface area contributed by atoms with Crippen LogP contribution in [-0.4, -0.2) is 128 Å². The summed E-state index contributed by atoms with van der Waals surface area (Å²) >= 11 is 0. The summed E-state index contributed by atoms with van der Waals surface area (Å²) < 4.78 is 4.35. The number of benzene rings is 2. The van der Waals surface area contributed by atoms with Crippen molar-refractivity contribution in [3.8, 4) is 0 Å². The highest BCUT2D eigenvalue weighted by Crippen LogP contribution is 2.37. The normalized spacial score (nSPS) is 14.7. The second-order valence-electron chi connectivity index (χ2n) is 13.7. The summed E-state index contributed by atoms with van der Waals surface area (Å²) in [7, 11) is 0. The van der Waals surface area contributed by atoms with Crippen LogP contribution in [0, 0.1) is 27.7 Å². The van der Waals surface area contributed by atoms with Crippen LogP contribution in [0.4, 0.5) is 11.4 Å². The number of nitrogens with zero attached hydrogens (tertiary/aromatic N) is 6. The molecule has 54 heavy (non-hydrogen) atoms. The number of aliphatic hydroxyl groups is 2. The van der Waals surface area contributed by atoms with Gasteiger partial charge in [-0.15, -0.1) is 0 Å². The maximum absolute atomic E-state index is 12.6. The lowest BCUT2D eigenvalue weighted by atomic mass is 10.1. The molecule has 0 unspecified atom stereocenters. The summed E-state index contributed by atoms with van der Waals surface area (Å²) in [5, 5.41) is 35.1. The number of carboxylic acids is 2. The van der Waals surface area contributed by atoms with Gasteiger partial charge in [0.15, 0.2) is 12.2 Å². The van der Waals surface area contributed by atoms with Crippen LogP contribution in [0.5, 0.6) is 0 Å². The minimum Gasteiger partial charge on any atom is -0.479 e. The Kier molecular flexibility index (Phi) is 14.0. The molecule has 14 nitrogen and oxygen atoms in total. The molecule has 0 spiro atoms. The molecule has 0 fully saturated rings. The summed E-state index contributed by atoms with van der Waals surface area (Å²) in [4.78, 5) is 53.5. The Morgan fingerprint density at radius 1 is 0.630 bits per heavy atom. The van der Waals surface area contributed by atoms with Crippen molar-refractivity contribution in [3.63, 3.8) is 0 Å². The minimum absolute atomic E-state index is 0.200. The Hall–Kier alpha value is -4.76. The molecule has 2 aromatic carbocycles. The summed E-state index contributed by atoms with van der Waals surface area (Å²) in [5.41, 5.74) is 9.56. The zero-order chi connectivity index (χ0) is 40.0. The van der Waals surface area contributed by atoms with Gasteiger partial charge in [0.05, 0.1) is 22.4 Å². The first kappa shape index (κ1) is 42.0. The van der Waals surface area contributed by atoms with E-state index in [9.17, 15) is 19.2 Å². The largest absolute Gasteiger partial charge is 0.479 e. The molecule has 4 heterocycles. The number of anilines is 2. The second kappa shape index (κ2) is 18.0. The molecule has 0 bridgehead atoms. The topological polar surface area (TPSA) is 172 Å². The predicted molar refractivity (Wildman–Crippen MR) is 210 cm³/mol. The van der Waals surface area contributed by atoms with Crippen LogP contribution < -0.4 is 9.80 Å². The van der Waals surface area contributed by atoms with E-state index >= 15 is 0 Å². The fraction of sp³-hybridized carbons (Fsp3) is 0.500. The molecule has 0 aliphatic carbocycles. The molecule has 2 atom stereocenters. The fourth-order valence-electron chi connectivity index (χ4n) is 7.23. The molecule has 14 heteroatoms. The number of aliphatic hydroxyl groups excluding tert-OH is 2. The number of aliphatic carboxylic acids is 2. The van der Waals surface area contributed by atoms with Crippen molar-refractivity contribution in [2.75, 3.05) is 62.2 Å². The number of aryl methyl sites for hydroxylation is 2. The molecular formula is C40H56N6O8. The Balaban J connectivity index is 0.000000194. The third-order valence-electron chi connectivity index (χ3n) is 10.9. The summed E-state index contributed by atoms with van der Waals surface area (Å²) in [6.07, 6.45) is -4.53. The Morgan fingerprint density at radius 3 is 1.26 bits per heavy atom. The first-order valence-corrected chi connectivity index (χ1v) is 18.7. The second-order valence-corrected chi connectivity index (χ2v) is 13.7. The van der Waals surface area contributed by atoms with E-state index in [1.165, 1.54) is 44.3 Å². The number of hydrogen-bond donors (Lipinski definition) is 4. The molecule has 0 radical (unpaired) electrons. The Bertz CT molecular complexity index is 1850. The number of likely N-dealkylation sites (N-methyl/N-ethyl adjacent to an activating group) is 2. The maximum atomic E-state index is 12.6. The average Bonchev–Trinajstić information content (AvgIpc) is 3.55. The van der Waals surface area contributed by atoms with Crippen LogP contribution in [0.15, 0.2) is 36.4 Å². The van der Waals surface area contributed by atoms with E-state index in [0.29, 0.717) is 13.1 Å². The quantitative estimate of drug-likeness (QED) is 0.158. The minimum atomic E-state index is -2.27. The van der Waals surface area contributed by atoms with Crippen molar-refractivity contribution >= 4 is 56.9 Å². The molecule has 0 saturated carbocycles. The lowest BCUT2D eigenvalue weighted by molar-refractivity contribution is -0.165. The summed E-state index contributed by atoms with van der Waals surface area (Å²) in [6, 6.07) is 12.6. The molecule has 2 aliphatic heterocycles. The monoisotopic (exact) mass is 748 g/mol. The smallest absolute Gasteiger partial charge is 0.335 e. The van der Waals surface area contributed by atoms with E-state index in [1.54, 1.807) is 0 Å². The van der Waals surface area contributed by atoms with Gasteiger partial charge in [0.1, 0.15) is 13.1 Å². The number of para-hydroxylation sites is 2. The molecule has 2 amide bonds. The van der Waals surface area contributed by atoms with E-state index in [2.05, 4.69) is 111 Å². The van der Waals surface area contributed by atoms with E-state index in [4.69, 9.17) is 20.4 Å². The zero-order valence-corrected chi connectivity index (χ0v) is 32.8. The van der Waals surface area contributed by atoms with Crippen LogP contribution in [0.25, 0.3) is 21.8 Å². The van der Waals surface area contributed by atoms with Crippen molar-refractivity contribution < 1.29 is 39.6 Å². The van der Waals surface area contributed by atoms with Gasteiger partial charge in [0.2, 0.25) is 11.8 Å². The number of carbonyl (C=O) groups excluding carboxylic acids is 2. The molecule has 2 aliphatic rings. The van der Waals surface area contributed by atoms with Gasteiger partial charge >= 0.3 is 11.9 Å². The lowest BCUT2D eigenvalue weighted by Crippen LogP contribution is -2.42. The first-order chi connectivity index (χ1) is 25.6. The number of carboxylic acid groups (broad SMARTS) is 2. The third-order valence-corrected chi connectivity index (χ3v) is 10.9. The maximum Gasteiger partial charge on any atom is 0.335 e. The van der Waals surface area contributed by atoms with Crippen molar-refractivity contribution in [2.24, 2.45) is 0 Å². The van der Waals surface area contributed by atoms with E-state index in [0.717, 1.165) is 63.7 Å². The van der Waals surface area contributed by atoms with Gasteiger partial charge in [-0.05, 0) is 77.1 Å². The predicted octanol–water partition coefficient (Wildman–Crippen LogP) is 3.77. The molecule has 4 aromatic rings. The van der Waals surface area contributed by atoms with Crippen molar-refractivity contribution in [2.45, 2.75) is 80.7 Å². The third kappa shape index (κ3) is 8.46. The molecular weight excluding hydrogens is 692 g/mol.